The van der Waals surface area contributed by atoms with Gasteiger partial charge in [0.05, 0.1) is 24.9 Å². The first kappa shape index (κ1) is 23.4. The van der Waals surface area contributed by atoms with Gasteiger partial charge in [-0.1, -0.05) is 29.8 Å². The number of aromatic nitrogens is 4. The standard InChI is InChI=1S/C26H27ClN6O2/c1-16-5-4-6-23(30-16)17-7-8-20(22(27)12-17)21-11-18-13-29-26(28-2)31-24(18)33(25(21)34)9-10-35-19-14-32(3)15-19/h4-8,11-13,19H,9-10,14-15H2,1-3H3,(H,28,29,31). The van der Waals surface area contributed by atoms with Crippen LogP contribution in [0.2, 0.25) is 5.02 Å². The van der Waals surface area contributed by atoms with Crippen molar-refractivity contribution in [2.75, 3.05) is 39.1 Å². The minimum Gasteiger partial charge on any atom is -0.374 e. The smallest absolute Gasteiger partial charge is 0.260 e. The summed E-state index contributed by atoms with van der Waals surface area (Å²) in [6.45, 7) is 4.55. The normalized spacial score (nSPS) is 14.3. The lowest BCUT2D eigenvalue weighted by atomic mass is 10.0. The van der Waals surface area contributed by atoms with Gasteiger partial charge in [-0.25, -0.2) is 4.98 Å². The molecule has 180 valence electrons. The van der Waals surface area contributed by atoms with Crippen molar-refractivity contribution in [3.63, 3.8) is 0 Å². The van der Waals surface area contributed by atoms with Crippen molar-refractivity contribution in [3.05, 3.63) is 69.7 Å². The van der Waals surface area contributed by atoms with Crippen molar-refractivity contribution in [2.45, 2.75) is 19.6 Å². The van der Waals surface area contributed by atoms with Crippen LogP contribution >= 0.6 is 11.6 Å². The molecular weight excluding hydrogens is 464 g/mol. The minimum atomic E-state index is -0.170. The molecule has 5 rings (SSSR count). The summed E-state index contributed by atoms with van der Waals surface area (Å²) in [4.78, 5) is 29.4. The van der Waals surface area contributed by atoms with Gasteiger partial charge < -0.3 is 15.0 Å². The molecule has 35 heavy (non-hydrogen) atoms. The fourth-order valence-electron chi connectivity index (χ4n) is 4.33. The molecule has 1 saturated heterocycles. The Morgan fingerprint density at radius 3 is 2.69 bits per heavy atom. The maximum absolute atomic E-state index is 13.7. The molecule has 4 aromatic rings. The molecule has 0 atom stereocenters. The number of rotatable bonds is 7. The second-order valence-corrected chi connectivity index (χ2v) is 9.22. The molecule has 1 aliphatic heterocycles. The molecule has 0 amide bonds. The Balaban J connectivity index is 1.54. The monoisotopic (exact) mass is 490 g/mol. The maximum atomic E-state index is 13.7. The summed E-state index contributed by atoms with van der Waals surface area (Å²) in [5, 5.41) is 4.18. The van der Waals surface area contributed by atoms with E-state index < -0.39 is 0 Å². The summed E-state index contributed by atoms with van der Waals surface area (Å²) in [5.41, 5.74) is 4.20. The first-order valence-electron chi connectivity index (χ1n) is 11.6. The molecule has 4 heterocycles. The Bertz CT molecular complexity index is 1450. The lowest BCUT2D eigenvalue weighted by molar-refractivity contribution is -0.0454. The van der Waals surface area contributed by atoms with Crippen molar-refractivity contribution in [3.8, 4) is 22.4 Å². The van der Waals surface area contributed by atoms with Crippen LogP contribution in [0, 0.1) is 6.92 Å². The number of halogens is 1. The zero-order chi connectivity index (χ0) is 24.5. The van der Waals surface area contributed by atoms with E-state index in [0.717, 1.165) is 35.4 Å². The van der Waals surface area contributed by atoms with Crippen LogP contribution in [0.1, 0.15) is 5.69 Å². The van der Waals surface area contributed by atoms with Crippen LogP contribution in [0.5, 0.6) is 0 Å². The van der Waals surface area contributed by atoms with Crippen molar-refractivity contribution < 1.29 is 4.74 Å². The second kappa shape index (κ2) is 9.73. The summed E-state index contributed by atoms with van der Waals surface area (Å²) in [6.07, 6.45) is 1.92. The van der Waals surface area contributed by atoms with E-state index in [2.05, 4.69) is 32.2 Å². The fraction of sp³-hybridized carbons (Fsp3) is 0.308. The third-order valence-electron chi connectivity index (χ3n) is 6.19. The zero-order valence-electron chi connectivity index (χ0n) is 20.0. The Labute approximate surface area is 208 Å². The highest BCUT2D eigenvalue weighted by Gasteiger charge is 2.24. The number of likely N-dealkylation sites (tertiary alicyclic amines) is 1. The van der Waals surface area contributed by atoms with Gasteiger partial charge >= 0.3 is 0 Å². The summed E-state index contributed by atoms with van der Waals surface area (Å²) >= 11 is 6.72. The van der Waals surface area contributed by atoms with E-state index in [9.17, 15) is 4.79 Å². The average Bonchev–Trinajstić information content (AvgIpc) is 2.83. The molecule has 0 saturated carbocycles. The van der Waals surface area contributed by atoms with E-state index in [1.807, 2.05) is 43.3 Å². The highest BCUT2D eigenvalue weighted by atomic mass is 35.5. The van der Waals surface area contributed by atoms with Crippen molar-refractivity contribution >= 4 is 28.6 Å². The molecule has 9 heteroatoms. The Morgan fingerprint density at radius 1 is 1.14 bits per heavy atom. The van der Waals surface area contributed by atoms with E-state index in [1.54, 1.807) is 23.9 Å². The van der Waals surface area contributed by atoms with Crippen LogP contribution in [0.15, 0.2) is 53.5 Å². The van der Waals surface area contributed by atoms with Gasteiger partial charge in [0, 0.05) is 59.1 Å². The number of fused-ring (bicyclic) bond motifs is 1. The molecular formula is C26H27ClN6O2. The Hall–Kier alpha value is -3.33. The molecule has 1 fully saturated rings. The number of hydrogen-bond donors (Lipinski definition) is 1. The van der Waals surface area contributed by atoms with E-state index >= 15 is 0 Å². The zero-order valence-corrected chi connectivity index (χ0v) is 20.7. The summed E-state index contributed by atoms with van der Waals surface area (Å²) in [6, 6.07) is 13.3. The number of anilines is 1. The first-order valence-corrected chi connectivity index (χ1v) is 11.9. The van der Waals surface area contributed by atoms with Crippen molar-refractivity contribution in [1.82, 2.24) is 24.4 Å². The van der Waals surface area contributed by atoms with E-state index in [-0.39, 0.29) is 11.7 Å². The third kappa shape index (κ3) is 4.77. The number of nitrogens with one attached hydrogen (secondary N) is 1. The van der Waals surface area contributed by atoms with Crippen LogP contribution in [-0.4, -0.2) is 64.3 Å². The molecule has 1 aromatic carbocycles. The van der Waals surface area contributed by atoms with Gasteiger partial charge in [0.2, 0.25) is 5.95 Å². The number of nitrogens with zero attached hydrogens (tertiary/aromatic N) is 5. The van der Waals surface area contributed by atoms with Gasteiger partial charge in [0.15, 0.2) is 0 Å². The molecule has 0 unspecified atom stereocenters. The Morgan fingerprint density at radius 2 is 1.97 bits per heavy atom. The number of aryl methyl sites for hydroxylation is 1. The maximum Gasteiger partial charge on any atom is 0.260 e. The van der Waals surface area contributed by atoms with Gasteiger partial charge in [-0.2, -0.15) is 4.98 Å². The third-order valence-corrected chi connectivity index (χ3v) is 6.51. The lowest BCUT2D eigenvalue weighted by Gasteiger charge is -2.35. The van der Waals surface area contributed by atoms with E-state index in [4.69, 9.17) is 16.3 Å². The van der Waals surface area contributed by atoms with E-state index in [1.165, 1.54) is 0 Å². The van der Waals surface area contributed by atoms with Crippen LogP contribution in [0.3, 0.4) is 0 Å². The number of pyridine rings is 2. The average molecular weight is 491 g/mol. The number of likely N-dealkylation sites (N-methyl/N-ethyl adjacent to an activating group) is 1. The molecule has 0 radical (unpaired) electrons. The van der Waals surface area contributed by atoms with Crippen LogP contribution in [-0.2, 0) is 11.3 Å². The van der Waals surface area contributed by atoms with E-state index in [0.29, 0.717) is 40.9 Å². The summed E-state index contributed by atoms with van der Waals surface area (Å²) in [5.74, 6) is 0.452. The number of ether oxygens (including phenoxy) is 1. The van der Waals surface area contributed by atoms with Gasteiger partial charge in [-0.15, -0.1) is 0 Å². The van der Waals surface area contributed by atoms with Gasteiger partial charge in [-0.05, 0) is 38.2 Å². The predicted octanol–water partition coefficient (Wildman–Crippen LogP) is 3.85. The molecule has 3 aromatic heterocycles. The minimum absolute atomic E-state index is 0.170. The SMILES string of the molecule is CNc1ncc2cc(-c3ccc(-c4cccc(C)n4)cc3Cl)c(=O)n(CCOC3CN(C)C3)c2n1. The molecule has 0 aliphatic carbocycles. The second-order valence-electron chi connectivity index (χ2n) is 8.81. The fourth-order valence-corrected chi connectivity index (χ4v) is 4.62. The predicted molar refractivity (Wildman–Crippen MR) is 139 cm³/mol. The topological polar surface area (TPSA) is 85.2 Å². The molecule has 0 spiro atoms. The van der Waals surface area contributed by atoms with Crippen molar-refractivity contribution in [2.24, 2.45) is 0 Å². The molecule has 8 nitrogen and oxygen atoms in total. The number of benzene rings is 1. The van der Waals surface area contributed by atoms with Gasteiger partial charge in [0.25, 0.3) is 5.56 Å². The quantitative estimate of drug-likeness (QED) is 0.421. The van der Waals surface area contributed by atoms with Crippen LogP contribution in [0.4, 0.5) is 5.95 Å². The molecule has 1 N–H and O–H groups in total. The summed E-state index contributed by atoms with van der Waals surface area (Å²) in [7, 11) is 3.81. The molecule has 0 bridgehead atoms. The highest BCUT2D eigenvalue weighted by Crippen LogP contribution is 2.31. The first-order chi connectivity index (χ1) is 16.9. The van der Waals surface area contributed by atoms with Crippen LogP contribution < -0.4 is 10.9 Å². The number of hydrogen-bond acceptors (Lipinski definition) is 7. The van der Waals surface area contributed by atoms with Crippen LogP contribution in [0.25, 0.3) is 33.4 Å². The largest absolute Gasteiger partial charge is 0.374 e. The highest BCUT2D eigenvalue weighted by molar-refractivity contribution is 6.33. The molecule has 1 aliphatic rings. The Kier molecular flexibility index (Phi) is 6.51. The van der Waals surface area contributed by atoms with Gasteiger partial charge in [0.1, 0.15) is 5.65 Å². The summed E-state index contributed by atoms with van der Waals surface area (Å²) < 4.78 is 7.62. The lowest BCUT2D eigenvalue weighted by Crippen LogP contribution is -2.50. The van der Waals surface area contributed by atoms with Crippen molar-refractivity contribution in [1.29, 1.82) is 0 Å². The van der Waals surface area contributed by atoms with Gasteiger partial charge in [-0.3, -0.25) is 14.3 Å².